The molecule has 22 heavy (non-hydrogen) atoms. The van der Waals surface area contributed by atoms with E-state index in [1.807, 2.05) is 0 Å². The van der Waals surface area contributed by atoms with Gasteiger partial charge in [-0.05, 0) is 24.3 Å². The third-order valence-electron chi connectivity index (χ3n) is 2.86. The fourth-order valence-electron chi connectivity index (χ4n) is 1.86. The zero-order valence-corrected chi connectivity index (χ0v) is 12.8. The van der Waals surface area contributed by atoms with Crippen LogP contribution in [-0.2, 0) is 23.8 Å². The molecule has 0 amide bonds. The average molecular weight is 307 g/mol. The summed E-state index contributed by atoms with van der Waals surface area (Å²) in [6.45, 7) is 2.95. The minimum absolute atomic E-state index is 0.0457. The molecule has 1 aliphatic heterocycles. The third kappa shape index (κ3) is 3.30. The largest absolute Gasteiger partial charge is 0.497 e. The third-order valence-corrected chi connectivity index (χ3v) is 2.86. The van der Waals surface area contributed by atoms with E-state index in [1.165, 1.54) is 21.0 Å². The van der Waals surface area contributed by atoms with Gasteiger partial charge in [0.2, 0.25) is 11.5 Å². The molecule has 1 aromatic carbocycles. The maximum absolute atomic E-state index is 12.0. The van der Waals surface area contributed by atoms with Gasteiger partial charge in [-0.1, -0.05) is 0 Å². The fraction of sp³-hybridized carbons (Fsp3) is 0.333. The van der Waals surface area contributed by atoms with E-state index in [1.54, 1.807) is 31.4 Å². The zero-order chi connectivity index (χ0) is 16.3. The lowest BCUT2D eigenvalue weighted by atomic mass is 10.2. The first-order chi connectivity index (χ1) is 10.4. The first-order valence-corrected chi connectivity index (χ1v) is 6.52. The molecule has 118 valence electrons. The summed E-state index contributed by atoms with van der Waals surface area (Å²) < 4.78 is 20.2. The molecule has 0 aliphatic carbocycles. The number of rotatable bonds is 4. The summed E-state index contributed by atoms with van der Waals surface area (Å²) in [6.07, 6.45) is 0. The van der Waals surface area contributed by atoms with Crippen LogP contribution in [0.2, 0.25) is 0 Å². The van der Waals surface area contributed by atoms with Crippen molar-refractivity contribution in [2.24, 2.45) is 0 Å². The standard InChI is InChI=1S/C15H17NO6/c1-15(2)21-13(17)11(14(18)22-15)12(20-4)16-9-5-7-10(19-3)8-6-9/h5-8,16H,1-4H3. The van der Waals surface area contributed by atoms with Crippen LogP contribution in [0, 0.1) is 0 Å². The summed E-state index contributed by atoms with van der Waals surface area (Å²) in [5, 5.41) is 2.84. The summed E-state index contributed by atoms with van der Waals surface area (Å²) in [7, 11) is 2.89. The second-order valence-electron chi connectivity index (χ2n) is 4.94. The molecule has 1 N–H and O–H groups in total. The van der Waals surface area contributed by atoms with Crippen LogP contribution in [0.3, 0.4) is 0 Å². The molecule has 0 bridgehead atoms. The summed E-state index contributed by atoms with van der Waals surface area (Å²) in [6, 6.07) is 6.87. The molecule has 0 unspecified atom stereocenters. The van der Waals surface area contributed by atoms with Crippen LogP contribution in [0.4, 0.5) is 5.69 Å². The van der Waals surface area contributed by atoms with Crippen LogP contribution >= 0.6 is 0 Å². The van der Waals surface area contributed by atoms with E-state index in [2.05, 4.69) is 5.32 Å². The molecule has 0 atom stereocenters. The lowest BCUT2D eigenvalue weighted by molar-refractivity contribution is -0.222. The molecular weight excluding hydrogens is 290 g/mol. The Labute approximate surface area is 127 Å². The SMILES string of the molecule is COC(Nc1ccc(OC)cc1)=C1C(=O)OC(C)(C)OC1=O. The average Bonchev–Trinajstić information content (AvgIpc) is 2.44. The van der Waals surface area contributed by atoms with Crippen molar-refractivity contribution in [3.05, 3.63) is 35.7 Å². The molecule has 0 aromatic heterocycles. The molecule has 1 aromatic rings. The van der Waals surface area contributed by atoms with E-state index in [-0.39, 0.29) is 11.5 Å². The molecule has 1 heterocycles. The Morgan fingerprint density at radius 3 is 2.05 bits per heavy atom. The number of cyclic esters (lactones) is 2. The second-order valence-corrected chi connectivity index (χ2v) is 4.94. The highest BCUT2D eigenvalue weighted by molar-refractivity contribution is 6.16. The fourth-order valence-corrected chi connectivity index (χ4v) is 1.86. The topological polar surface area (TPSA) is 83.1 Å². The van der Waals surface area contributed by atoms with Crippen molar-refractivity contribution >= 4 is 17.6 Å². The van der Waals surface area contributed by atoms with Crippen LogP contribution < -0.4 is 10.1 Å². The Morgan fingerprint density at radius 2 is 1.59 bits per heavy atom. The molecular formula is C15H17NO6. The van der Waals surface area contributed by atoms with E-state index in [0.717, 1.165) is 0 Å². The number of esters is 2. The highest BCUT2D eigenvalue weighted by Gasteiger charge is 2.41. The number of nitrogens with one attached hydrogen (secondary N) is 1. The van der Waals surface area contributed by atoms with Crippen LogP contribution in [0.5, 0.6) is 5.75 Å². The molecule has 0 saturated carbocycles. The van der Waals surface area contributed by atoms with E-state index in [9.17, 15) is 9.59 Å². The van der Waals surface area contributed by atoms with E-state index in [0.29, 0.717) is 11.4 Å². The summed E-state index contributed by atoms with van der Waals surface area (Å²) in [5.41, 5.74) is 0.285. The number of hydrogen-bond donors (Lipinski definition) is 1. The van der Waals surface area contributed by atoms with Gasteiger partial charge < -0.3 is 24.3 Å². The van der Waals surface area contributed by atoms with Gasteiger partial charge in [-0.15, -0.1) is 0 Å². The van der Waals surface area contributed by atoms with Crippen molar-refractivity contribution in [1.82, 2.24) is 0 Å². The maximum Gasteiger partial charge on any atom is 0.354 e. The summed E-state index contributed by atoms with van der Waals surface area (Å²) in [4.78, 5) is 24.0. The quantitative estimate of drug-likeness (QED) is 0.393. The first-order valence-electron chi connectivity index (χ1n) is 6.52. The number of carbonyl (C=O) groups excluding carboxylic acids is 2. The lowest BCUT2D eigenvalue weighted by Gasteiger charge is -2.30. The van der Waals surface area contributed by atoms with Gasteiger partial charge in [-0.25, -0.2) is 9.59 Å². The van der Waals surface area contributed by atoms with E-state index in [4.69, 9.17) is 18.9 Å². The molecule has 1 saturated heterocycles. The van der Waals surface area contributed by atoms with Gasteiger partial charge in [0.15, 0.2) is 0 Å². The monoisotopic (exact) mass is 307 g/mol. The van der Waals surface area contributed by atoms with Gasteiger partial charge in [-0.2, -0.15) is 0 Å². The maximum atomic E-state index is 12.0. The minimum atomic E-state index is -1.30. The van der Waals surface area contributed by atoms with E-state index >= 15 is 0 Å². The van der Waals surface area contributed by atoms with Gasteiger partial charge in [0.25, 0.3) is 5.79 Å². The van der Waals surface area contributed by atoms with Gasteiger partial charge in [0.1, 0.15) is 5.75 Å². The zero-order valence-electron chi connectivity index (χ0n) is 12.8. The number of ether oxygens (including phenoxy) is 4. The Hall–Kier alpha value is -2.70. The van der Waals surface area contributed by atoms with Crippen molar-refractivity contribution in [3.63, 3.8) is 0 Å². The van der Waals surface area contributed by atoms with Crippen molar-refractivity contribution in [1.29, 1.82) is 0 Å². The predicted octanol–water partition coefficient (Wildman–Crippen LogP) is 1.80. The Bertz CT molecular complexity index is 595. The summed E-state index contributed by atoms with van der Waals surface area (Å²) >= 11 is 0. The number of benzene rings is 1. The molecule has 7 nitrogen and oxygen atoms in total. The minimum Gasteiger partial charge on any atom is -0.497 e. The normalized spacial score (nSPS) is 16.5. The second kappa shape index (κ2) is 5.97. The Balaban J connectivity index is 2.29. The van der Waals surface area contributed by atoms with Gasteiger partial charge in [0, 0.05) is 19.5 Å². The summed E-state index contributed by atoms with van der Waals surface area (Å²) in [5.74, 6) is -2.28. The van der Waals surface area contributed by atoms with E-state index < -0.39 is 17.7 Å². The van der Waals surface area contributed by atoms with Crippen molar-refractivity contribution in [2.45, 2.75) is 19.6 Å². The van der Waals surface area contributed by atoms with Gasteiger partial charge in [-0.3, -0.25) is 0 Å². The lowest BCUT2D eigenvalue weighted by Crippen LogP contribution is -2.43. The van der Waals surface area contributed by atoms with Crippen LogP contribution in [0.1, 0.15) is 13.8 Å². The Morgan fingerprint density at radius 1 is 1.05 bits per heavy atom. The number of methoxy groups -OCH3 is 2. The number of carbonyl (C=O) groups is 2. The molecule has 2 rings (SSSR count). The highest BCUT2D eigenvalue weighted by atomic mass is 16.7. The Kier molecular flexibility index (Phi) is 4.25. The van der Waals surface area contributed by atoms with Crippen LogP contribution in [-0.4, -0.2) is 31.9 Å². The molecule has 1 aliphatic rings. The van der Waals surface area contributed by atoms with Gasteiger partial charge >= 0.3 is 11.9 Å². The van der Waals surface area contributed by atoms with Crippen molar-refractivity contribution in [2.75, 3.05) is 19.5 Å². The first kappa shape index (κ1) is 15.7. The molecule has 1 fully saturated rings. The van der Waals surface area contributed by atoms with Crippen molar-refractivity contribution in [3.8, 4) is 5.75 Å². The molecule has 0 radical (unpaired) electrons. The van der Waals surface area contributed by atoms with Crippen LogP contribution in [0.25, 0.3) is 0 Å². The predicted molar refractivity (Wildman–Crippen MR) is 76.9 cm³/mol. The molecule has 0 spiro atoms. The van der Waals surface area contributed by atoms with Crippen molar-refractivity contribution < 1.29 is 28.5 Å². The van der Waals surface area contributed by atoms with Gasteiger partial charge in [0.05, 0.1) is 14.2 Å². The smallest absolute Gasteiger partial charge is 0.354 e. The number of anilines is 1. The molecule has 7 heteroatoms. The highest BCUT2D eigenvalue weighted by Crippen LogP contribution is 2.26. The number of hydrogen-bond acceptors (Lipinski definition) is 7. The van der Waals surface area contributed by atoms with Crippen LogP contribution in [0.15, 0.2) is 35.7 Å².